The number of hydrogen-bond acceptors (Lipinski definition) is 2. The third-order valence-electron chi connectivity index (χ3n) is 0.626. The molecule has 0 aromatic rings. The molecular weight excluding hydrogens is 138 g/mol. The Kier molecular flexibility index (Phi) is 4.92. The molecule has 0 fully saturated rings. The Morgan fingerprint density at radius 2 is 2.33 bits per heavy atom. The van der Waals surface area contributed by atoms with Crippen molar-refractivity contribution in [3.8, 4) is 0 Å². The third kappa shape index (κ3) is 5.11. The highest BCUT2D eigenvalue weighted by atomic mass is 35.5. The molecule has 50 valence electrons. The van der Waals surface area contributed by atoms with Gasteiger partial charge in [0, 0.05) is 5.03 Å². The van der Waals surface area contributed by atoms with Crippen LogP contribution in [0.3, 0.4) is 0 Å². The van der Waals surface area contributed by atoms with Crippen LogP contribution in [0.5, 0.6) is 0 Å². The maximum absolute atomic E-state index is 7.93. The Bertz CT molecular complexity index is 149. The van der Waals surface area contributed by atoms with E-state index in [1.807, 2.05) is 6.92 Å². The van der Waals surface area contributed by atoms with Gasteiger partial charge in [-0.2, -0.15) is 0 Å². The van der Waals surface area contributed by atoms with Gasteiger partial charge in [0.2, 0.25) is 0 Å². The van der Waals surface area contributed by atoms with E-state index in [1.165, 1.54) is 12.3 Å². The van der Waals surface area contributed by atoms with Gasteiger partial charge in [-0.05, 0) is 19.1 Å². The lowest BCUT2D eigenvalue weighted by molar-refractivity contribution is 0.322. The van der Waals surface area contributed by atoms with Gasteiger partial charge >= 0.3 is 0 Å². The fourth-order valence-electron chi connectivity index (χ4n) is 0.319. The molecular formula is C6H8ClNO. The van der Waals surface area contributed by atoms with E-state index < -0.39 is 0 Å². The minimum Gasteiger partial charge on any atom is -0.411 e. The largest absolute Gasteiger partial charge is 0.411 e. The zero-order valence-corrected chi connectivity index (χ0v) is 5.84. The molecule has 0 aliphatic rings. The molecule has 0 aliphatic carbocycles. The minimum atomic E-state index is 0.537. The summed E-state index contributed by atoms with van der Waals surface area (Å²) in [5.74, 6) is 0. The number of halogens is 1. The Morgan fingerprint density at radius 3 is 2.78 bits per heavy atom. The van der Waals surface area contributed by atoms with E-state index in [0.29, 0.717) is 5.03 Å². The minimum absolute atomic E-state index is 0.537. The van der Waals surface area contributed by atoms with Crippen molar-refractivity contribution in [3.63, 3.8) is 0 Å². The SMILES string of the molecule is C\C=C/C(Cl)=C\C=N\O. The van der Waals surface area contributed by atoms with Crippen molar-refractivity contribution in [3.05, 3.63) is 23.3 Å². The van der Waals surface area contributed by atoms with E-state index in [-0.39, 0.29) is 0 Å². The summed E-state index contributed by atoms with van der Waals surface area (Å²) < 4.78 is 0. The van der Waals surface area contributed by atoms with Crippen molar-refractivity contribution in [2.45, 2.75) is 6.92 Å². The second-order valence-electron chi connectivity index (χ2n) is 1.32. The van der Waals surface area contributed by atoms with E-state index in [2.05, 4.69) is 5.16 Å². The van der Waals surface area contributed by atoms with Gasteiger partial charge in [-0.15, -0.1) is 0 Å². The Labute approximate surface area is 59.1 Å². The summed E-state index contributed by atoms with van der Waals surface area (Å²) in [6, 6.07) is 0. The highest BCUT2D eigenvalue weighted by molar-refractivity contribution is 6.32. The molecule has 0 saturated carbocycles. The zero-order valence-electron chi connectivity index (χ0n) is 5.08. The van der Waals surface area contributed by atoms with Gasteiger partial charge in [0.05, 0.1) is 6.21 Å². The predicted molar refractivity (Wildman–Crippen MR) is 39.0 cm³/mol. The van der Waals surface area contributed by atoms with Gasteiger partial charge in [0.25, 0.3) is 0 Å². The summed E-state index contributed by atoms with van der Waals surface area (Å²) in [6.07, 6.45) is 6.19. The normalized spacial score (nSPS) is 13.8. The van der Waals surface area contributed by atoms with E-state index >= 15 is 0 Å². The molecule has 0 aromatic heterocycles. The average Bonchev–Trinajstić information content (AvgIpc) is 1.85. The molecule has 0 bridgehead atoms. The van der Waals surface area contributed by atoms with E-state index in [1.54, 1.807) is 12.2 Å². The first-order valence-corrected chi connectivity index (χ1v) is 2.85. The number of hydrogen-bond donors (Lipinski definition) is 1. The number of oxime groups is 1. The summed E-state index contributed by atoms with van der Waals surface area (Å²) in [5, 5.41) is 11.2. The lowest BCUT2D eigenvalue weighted by Gasteiger charge is -1.79. The smallest absolute Gasteiger partial charge is 0.0676 e. The first kappa shape index (κ1) is 8.24. The zero-order chi connectivity index (χ0) is 7.11. The predicted octanol–water partition coefficient (Wildman–Crippen LogP) is 2.15. The summed E-state index contributed by atoms with van der Waals surface area (Å²) in [5.41, 5.74) is 0. The molecule has 0 unspecified atom stereocenters. The Morgan fingerprint density at radius 1 is 1.67 bits per heavy atom. The van der Waals surface area contributed by atoms with Crippen LogP contribution in [0.4, 0.5) is 0 Å². The number of allylic oxidation sites excluding steroid dienone is 4. The first-order valence-electron chi connectivity index (χ1n) is 2.47. The molecule has 0 atom stereocenters. The maximum Gasteiger partial charge on any atom is 0.0676 e. The quantitative estimate of drug-likeness (QED) is 0.275. The summed E-state index contributed by atoms with van der Waals surface area (Å²) in [6.45, 7) is 1.85. The molecule has 9 heavy (non-hydrogen) atoms. The Balaban J connectivity index is 3.84. The molecule has 0 rings (SSSR count). The topological polar surface area (TPSA) is 32.6 Å². The molecule has 2 nitrogen and oxygen atoms in total. The van der Waals surface area contributed by atoms with Gasteiger partial charge in [0.15, 0.2) is 0 Å². The van der Waals surface area contributed by atoms with Crippen LogP contribution in [0.2, 0.25) is 0 Å². The van der Waals surface area contributed by atoms with Gasteiger partial charge in [-0.25, -0.2) is 0 Å². The molecule has 0 saturated heterocycles. The van der Waals surface area contributed by atoms with Crippen LogP contribution in [-0.2, 0) is 0 Å². The number of rotatable bonds is 2. The van der Waals surface area contributed by atoms with Crippen molar-refractivity contribution in [1.29, 1.82) is 0 Å². The van der Waals surface area contributed by atoms with E-state index in [0.717, 1.165) is 0 Å². The van der Waals surface area contributed by atoms with Crippen molar-refractivity contribution >= 4 is 17.8 Å². The van der Waals surface area contributed by atoms with Crippen LogP contribution in [0.15, 0.2) is 28.4 Å². The standard InChI is InChI=1S/C6H8ClNO/c1-2-3-6(7)4-5-8-9/h2-5,9H,1H3/b3-2-,6-4+,8-5+. The van der Waals surface area contributed by atoms with Crippen molar-refractivity contribution in [2.24, 2.45) is 5.16 Å². The fourth-order valence-corrected chi connectivity index (χ4v) is 0.502. The van der Waals surface area contributed by atoms with Crippen LogP contribution in [0.25, 0.3) is 0 Å². The molecule has 0 heterocycles. The lowest BCUT2D eigenvalue weighted by Crippen LogP contribution is -1.66. The van der Waals surface area contributed by atoms with Gasteiger partial charge in [-0.3, -0.25) is 0 Å². The highest BCUT2D eigenvalue weighted by Gasteiger charge is 1.77. The molecule has 1 N–H and O–H groups in total. The van der Waals surface area contributed by atoms with Crippen molar-refractivity contribution in [1.82, 2.24) is 0 Å². The second-order valence-corrected chi connectivity index (χ2v) is 1.75. The highest BCUT2D eigenvalue weighted by Crippen LogP contribution is 2.00. The molecule has 0 amide bonds. The second kappa shape index (κ2) is 5.38. The van der Waals surface area contributed by atoms with E-state index in [4.69, 9.17) is 16.8 Å². The van der Waals surface area contributed by atoms with Crippen LogP contribution in [0, 0.1) is 0 Å². The fraction of sp³-hybridized carbons (Fsp3) is 0.167. The molecule has 0 aliphatic heterocycles. The van der Waals surface area contributed by atoms with Crippen LogP contribution < -0.4 is 0 Å². The average molecular weight is 146 g/mol. The summed E-state index contributed by atoms with van der Waals surface area (Å²) in [7, 11) is 0. The molecule has 3 heteroatoms. The molecule has 0 aromatic carbocycles. The maximum atomic E-state index is 7.93. The summed E-state index contributed by atoms with van der Waals surface area (Å²) in [4.78, 5) is 0. The Hall–Kier alpha value is -0.760. The van der Waals surface area contributed by atoms with Crippen molar-refractivity contribution in [2.75, 3.05) is 0 Å². The molecule has 0 spiro atoms. The van der Waals surface area contributed by atoms with Gasteiger partial charge in [-0.1, -0.05) is 22.8 Å². The summed E-state index contributed by atoms with van der Waals surface area (Å²) >= 11 is 5.53. The van der Waals surface area contributed by atoms with E-state index in [9.17, 15) is 0 Å². The van der Waals surface area contributed by atoms with Crippen LogP contribution in [-0.4, -0.2) is 11.4 Å². The van der Waals surface area contributed by atoms with Crippen LogP contribution >= 0.6 is 11.6 Å². The monoisotopic (exact) mass is 145 g/mol. The first-order chi connectivity index (χ1) is 4.31. The number of nitrogens with zero attached hydrogens (tertiary/aromatic N) is 1. The van der Waals surface area contributed by atoms with Crippen molar-refractivity contribution < 1.29 is 5.21 Å². The van der Waals surface area contributed by atoms with Crippen LogP contribution in [0.1, 0.15) is 6.92 Å². The van der Waals surface area contributed by atoms with Gasteiger partial charge in [0.1, 0.15) is 0 Å². The van der Waals surface area contributed by atoms with Gasteiger partial charge < -0.3 is 5.21 Å². The lowest BCUT2D eigenvalue weighted by atomic mass is 10.4. The molecule has 0 radical (unpaired) electrons. The third-order valence-corrected chi connectivity index (χ3v) is 0.878.